The SMILES string of the molecule is CCS(=O)(=O)N[C@H]1CC[C@@H](c2nnc3cnc4[nH]ccc4n23)C1. The average molecular weight is 334 g/mol. The molecule has 0 unspecified atom stereocenters. The van der Waals surface area contributed by atoms with Crippen LogP contribution in [-0.2, 0) is 10.0 Å². The maximum atomic E-state index is 11.7. The molecule has 0 aliphatic heterocycles. The maximum Gasteiger partial charge on any atom is 0.211 e. The third kappa shape index (κ3) is 2.49. The zero-order valence-corrected chi connectivity index (χ0v) is 13.5. The molecule has 0 amide bonds. The van der Waals surface area contributed by atoms with E-state index in [0.29, 0.717) is 5.65 Å². The van der Waals surface area contributed by atoms with Crippen LogP contribution in [-0.4, -0.2) is 44.8 Å². The van der Waals surface area contributed by atoms with Crippen molar-refractivity contribution in [3.63, 3.8) is 0 Å². The smallest absolute Gasteiger partial charge is 0.211 e. The van der Waals surface area contributed by atoms with Crippen LogP contribution in [0.15, 0.2) is 18.5 Å². The van der Waals surface area contributed by atoms with E-state index in [2.05, 4.69) is 24.9 Å². The highest BCUT2D eigenvalue weighted by Gasteiger charge is 2.31. The topological polar surface area (TPSA) is 105 Å². The van der Waals surface area contributed by atoms with E-state index in [1.165, 1.54) is 0 Å². The van der Waals surface area contributed by atoms with Gasteiger partial charge in [0.2, 0.25) is 10.0 Å². The van der Waals surface area contributed by atoms with Crippen molar-refractivity contribution < 1.29 is 8.42 Å². The molecule has 1 fully saturated rings. The second-order valence-corrected chi connectivity index (χ2v) is 7.99. The molecule has 0 aromatic carbocycles. The molecule has 0 radical (unpaired) electrons. The minimum atomic E-state index is -3.17. The van der Waals surface area contributed by atoms with Crippen molar-refractivity contribution in [2.24, 2.45) is 0 Å². The highest BCUT2D eigenvalue weighted by Crippen LogP contribution is 2.34. The first-order valence-corrected chi connectivity index (χ1v) is 9.40. The van der Waals surface area contributed by atoms with Crippen molar-refractivity contribution in [1.82, 2.24) is 29.3 Å². The fraction of sp³-hybridized carbons (Fsp3) is 0.500. The summed E-state index contributed by atoms with van der Waals surface area (Å²) in [7, 11) is -3.17. The third-order valence-electron chi connectivity index (χ3n) is 4.49. The van der Waals surface area contributed by atoms with Gasteiger partial charge in [-0.1, -0.05) is 0 Å². The molecule has 1 saturated carbocycles. The van der Waals surface area contributed by atoms with Crippen LogP contribution in [0.3, 0.4) is 0 Å². The number of sulfonamides is 1. The summed E-state index contributed by atoms with van der Waals surface area (Å²) in [6.07, 6.45) is 6.00. The van der Waals surface area contributed by atoms with Gasteiger partial charge in [-0.3, -0.25) is 4.40 Å². The number of hydrogen-bond donors (Lipinski definition) is 2. The summed E-state index contributed by atoms with van der Waals surface area (Å²) in [5, 5.41) is 8.55. The second kappa shape index (κ2) is 5.27. The minimum Gasteiger partial charge on any atom is -0.345 e. The molecule has 122 valence electrons. The zero-order valence-electron chi connectivity index (χ0n) is 12.7. The van der Waals surface area contributed by atoms with Gasteiger partial charge in [-0.05, 0) is 32.3 Å². The van der Waals surface area contributed by atoms with Crippen molar-refractivity contribution in [1.29, 1.82) is 0 Å². The molecule has 0 spiro atoms. The number of aromatic amines is 1. The van der Waals surface area contributed by atoms with Gasteiger partial charge in [0.05, 0.1) is 17.5 Å². The van der Waals surface area contributed by atoms with E-state index in [4.69, 9.17) is 0 Å². The first kappa shape index (κ1) is 14.6. The first-order valence-electron chi connectivity index (χ1n) is 7.74. The van der Waals surface area contributed by atoms with Crippen molar-refractivity contribution in [3.8, 4) is 0 Å². The Morgan fingerprint density at radius 1 is 1.39 bits per heavy atom. The van der Waals surface area contributed by atoms with E-state index in [1.807, 2.05) is 16.7 Å². The number of hydrogen-bond acceptors (Lipinski definition) is 5. The van der Waals surface area contributed by atoms with Gasteiger partial charge in [-0.25, -0.2) is 18.1 Å². The van der Waals surface area contributed by atoms with Crippen LogP contribution in [0.5, 0.6) is 0 Å². The summed E-state index contributed by atoms with van der Waals surface area (Å²) in [6.45, 7) is 1.65. The molecule has 1 aliphatic rings. The monoisotopic (exact) mass is 334 g/mol. The molecule has 8 nitrogen and oxygen atoms in total. The lowest BCUT2D eigenvalue weighted by atomic mass is 10.1. The van der Waals surface area contributed by atoms with Gasteiger partial charge in [0.15, 0.2) is 11.3 Å². The molecule has 2 atom stereocenters. The lowest BCUT2D eigenvalue weighted by molar-refractivity contribution is 0.548. The molecule has 0 saturated heterocycles. The predicted molar refractivity (Wildman–Crippen MR) is 85.6 cm³/mol. The van der Waals surface area contributed by atoms with Crippen LogP contribution in [0.4, 0.5) is 0 Å². The van der Waals surface area contributed by atoms with Gasteiger partial charge in [-0.2, -0.15) is 0 Å². The summed E-state index contributed by atoms with van der Waals surface area (Å²) < 4.78 is 28.3. The van der Waals surface area contributed by atoms with Crippen molar-refractivity contribution in [2.75, 3.05) is 5.75 Å². The van der Waals surface area contributed by atoms with Crippen LogP contribution in [0.2, 0.25) is 0 Å². The number of nitrogens with zero attached hydrogens (tertiary/aromatic N) is 4. The fourth-order valence-electron chi connectivity index (χ4n) is 3.32. The van der Waals surface area contributed by atoms with E-state index in [0.717, 1.165) is 36.3 Å². The molecular formula is C14H18N6O2S. The molecule has 0 bridgehead atoms. The number of fused-ring (bicyclic) bond motifs is 3. The molecule has 3 heterocycles. The lowest BCUT2D eigenvalue weighted by Gasteiger charge is -2.12. The van der Waals surface area contributed by atoms with Crippen LogP contribution in [0.25, 0.3) is 16.8 Å². The van der Waals surface area contributed by atoms with Gasteiger partial charge in [0.1, 0.15) is 5.82 Å². The largest absolute Gasteiger partial charge is 0.345 e. The standard InChI is InChI=1S/C14H18N6O2S/c1-2-23(21,22)19-10-4-3-9(7-10)14-18-17-12-8-16-13-11(20(12)14)5-6-15-13/h5-6,8-10,15,19H,2-4,7H2,1H3/t9-,10+/m1/s1. The highest BCUT2D eigenvalue weighted by molar-refractivity contribution is 7.89. The summed E-state index contributed by atoms with van der Waals surface area (Å²) in [5.74, 6) is 1.18. The highest BCUT2D eigenvalue weighted by atomic mass is 32.2. The average Bonchev–Trinajstić information content (AvgIpc) is 3.24. The molecule has 4 rings (SSSR count). The molecule has 3 aromatic heterocycles. The van der Waals surface area contributed by atoms with Crippen LogP contribution < -0.4 is 4.72 Å². The van der Waals surface area contributed by atoms with E-state index in [1.54, 1.807) is 13.1 Å². The van der Waals surface area contributed by atoms with Crippen molar-refractivity contribution in [3.05, 3.63) is 24.3 Å². The molecule has 1 aliphatic carbocycles. The maximum absolute atomic E-state index is 11.7. The minimum absolute atomic E-state index is 0.0270. The molecule has 23 heavy (non-hydrogen) atoms. The Morgan fingerprint density at radius 2 is 2.26 bits per heavy atom. The Kier molecular flexibility index (Phi) is 3.34. The molecule has 2 N–H and O–H groups in total. The first-order chi connectivity index (χ1) is 11.1. The van der Waals surface area contributed by atoms with Gasteiger partial charge in [0.25, 0.3) is 0 Å². The molecule has 3 aromatic rings. The Balaban J connectivity index is 1.67. The molecule has 9 heteroatoms. The second-order valence-electron chi connectivity index (χ2n) is 5.95. The Morgan fingerprint density at radius 3 is 3.09 bits per heavy atom. The van der Waals surface area contributed by atoms with E-state index < -0.39 is 10.0 Å². The van der Waals surface area contributed by atoms with Gasteiger partial charge in [0, 0.05) is 18.2 Å². The summed E-state index contributed by atoms with van der Waals surface area (Å²) in [6, 6.07) is 1.93. The number of rotatable bonds is 4. The third-order valence-corrected chi connectivity index (χ3v) is 5.94. The van der Waals surface area contributed by atoms with E-state index in [9.17, 15) is 8.42 Å². The number of aromatic nitrogens is 5. The Labute approximate surface area is 133 Å². The van der Waals surface area contributed by atoms with Gasteiger partial charge in [-0.15, -0.1) is 10.2 Å². The summed E-state index contributed by atoms with van der Waals surface area (Å²) in [5.41, 5.74) is 2.45. The number of H-pyrrole nitrogens is 1. The Bertz CT molecular complexity index is 960. The van der Waals surface area contributed by atoms with Crippen molar-refractivity contribution in [2.45, 2.75) is 38.1 Å². The van der Waals surface area contributed by atoms with Crippen LogP contribution >= 0.6 is 0 Å². The predicted octanol–water partition coefficient (Wildman–Crippen LogP) is 1.18. The molecular weight excluding hydrogens is 316 g/mol. The summed E-state index contributed by atoms with van der Waals surface area (Å²) in [4.78, 5) is 7.40. The fourth-order valence-corrected chi connectivity index (χ4v) is 4.21. The van der Waals surface area contributed by atoms with Gasteiger partial charge >= 0.3 is 0 Å². The quantitative estimate of drug-likeness (QED) is 0.745. The van der Waals surface area contributed by atoms with Crippen LogP contribution in [0.1, 0.15) is 37.9 Å². The normalized spacial score (nSPS) is 22.3. The lowest BCUT2D eigenvalue weighted by Crippen LogP contribution is -2.34. The number of nitrogens with one attached hydrogen (secondary N) is 2. The van der Waals surface area contributed by atoms with Gasteiger partial charge < -0.3 is 4.98 Å². The van der Waals surface area contributed by atoms with Crippen molar-refractivity contribution >= 4 is 26.8 Å². The Hall–Kier alpha value is -2.00. The van der Waals surface area contributed by atoms with E-state index in [-0.39, 0.29) is 17.7 Å². The summed E-state index contributed by atoms with van der Waals surface area (Å²) >= 11 is 0. The van der Waals surface area contributed by atoms with E-state index >= 15 is 0 Å². The zero-order chi connectivity index (χ0) is 16.0. The van der Waals surface area contributed by atoms with Crippen LogP contribution in [0, 0.1) is 0 Å².